The largest absolute Gasteiger partial charge is 0.493 e. The molecule has 2 rings (SSSR count). The lowest BCUT2D eigenvalue weighted by atomic mass is 10.1. The van der Waals surface area contributed by atoms with Gasteiger partial charge in [-0.3, -0.25) is 4.79 Å². The smallest absolute Gasteiger partial charge is 0.271 e. The van der Waals surface area contributed by atoms with Gasteiger partial charge in [-0.1, -0.05) is 29.8 Å². The SMILES string of the molecule is COc1cc(C(=O)N/N=C(/C)c2ccccc2Cl)cc(OC)c1OC. The third-order valence-corrected chi connectivity index (χ3v) is 3.85. The lowest BCUT2D eigenvalue weighted by Crippen LogP contribution is -2.19. The average Bonchev–Trinajstić information content (AvgIpc) is 2.64. The molecule has 1 amide bonds. The maximum absolute atomic E-state index is 12.4. The summed E-state index contributed by atoms with van der Waals surface area (Å²) in [7, 11) is 4.47. The van der Waals surface area contributed by atoms with Crippen molar-refractivity contribution in [2.24, 2.45) is 5.10 Å². The molecule has 0 aliphatic heterocycles. The highest BCUT2D eigenvalue weighted by molar-refractivity contribution is 6.34. The Hall–Kier alpha value is -2.73. The number of hydrogen-bond acceptors (Lipinski definition) is 5. The van der Waals surface area contributed by atoms with Crippen LogP contribution in [0.5, 0.6) is 17.2 Å². The molecule has 0 unspecified atom stereocenters. The van der Waals surface area contributed by atoms with Crippen molar-refractivity contribution >= 4 is 23.2 Å². The molecule has 0 aliphatic carbocycles. The number of nitrogens with zero attached hydrogens (tertiary/aromatic N) is 1. The van der Waals surface area contributed by atoms with Crippen LogP contribution in [0.3, 0.4) is 0 Å². The Bertz CT molecular complexity index is 780. The quantitative estimate of drug-likeness (QED) is 0.630. The van der Waals surface area contributed by atoms with E-state index < -0.39 is 5.91 Å². The Morgan fingerprint density at radius 3 is 2.16 bits per heavy atom. The molecular weight excluding hydrogens is 344 g/mol. The fourth-order valence-electron chi connectivity index (χ4n) is 2.23. The third kappa shape index (κ3) is 4.22. The minimum Gasteiger partial charge on any atom is -0.493 e. The van der Waals surface area contributed by atoms with E-state index in [1.54, 1.807) is 25.1 Å². The van der Waals surface area contributed by atoms with Crippen LogP contribution in [0.4, 0.5) is 0 Å². The molecule has 0 aliphatic rings. The number of halogens is 1. The van der Waals surface area contributed by atoms with Crippen molar-refractivity contribution < 1.29 is 19.0 Å². The molecular formula is C18H19ClN2O4. The molecule has 7 heteroatoms. The Labute approximate surface area is 151 Å². The minimum atomic E-state index is -0.411. The molecule has 6 nitrogen and oxygen atoms in total. The summed E-state index contributed by atoms with van der Waals surface area (Å²) in [4.78, 5) is 12.4. The van der Waals surface area contributed by atoms with Crippen LogP contribution in [0.1, 0.15) is 22.8 Å². The molecule has 2 aromatic rings. The summed E-state index contributed by atoms with van der Waals surface area (Å²) in [6.07, 6.45) is 0. The second-order valence-corrected chi connectivity index (χ2v) is 5.44. The van der Waals surface area contributed by atoms with Gasteiger partial charge < -0.3 is 14.2 Å². The second kappa shape index (κ2) is 8.39. The summed E-state index contributed by atoms with van der Waals surface area (Å²) in [6.45, 7) is 1.76. The fourth-order valence-corrected chi connectivity index (χ4v) is 2.50. The van der Waals surface area contributed by atoms with Crippen LogP contribution in [0.15, 0.2) is 41.5 Å². The molecule has 0 heterocycles. The van der Waals surface area contributed by atoms with E-state index in [1.165, 1.54) is 21.3 Å². The first kappa shape index (κ1) is 18.6. The highest BCUT2D eigenvalue weighted by Gasteiger charge is 2.17. The molecule has 0 spiro atoms. The van der Waals surface area contributed by atoms with Crippen LogP contribution in [0.25, 0.3) is 0 Å². The van der Waals surface area contributed by atoms with Crippen molar-refractivity contribution in [2.45, 2.75) is 6.92 Å². The maximum atomic E-state index is 12.4. The number of ether oxygens (including phenoxy) is 3. The number of rotatable bonds is 6. The van der Waals surface area contributed by atoms with Gasteiger partial charge in [-0.05, 0) is 25.1 Å². The van der Waals surface area contributed by atoms with Crippen LogP contribution >= 0.6 is 11.6 Å². The molecule has 132 valence electrons. The zero-order valence-electron chi connectivity index (χ0n) is 14.4. The van der Waals surface area contributed by atoms with E-state index in [4.69, 9.17) is 25.8 Å². The van der Waals surface area contributed by atoms with Gasteiger partial charge in [0.25, 0.3) is 5.91 Å². The number of amides is 1. The predicted molar refractivity (Wildman–Crippen MR) is 97.2 cm³/mol. The zero-order valence-corrected chi connectivity index (χ0v) is 15.2. The summed E-state index contributed by atoms with van der Waals surface area (Å²) in [6, 6.07) is 10.4. The Balaban J connectivity index is 2.26. The molecule has 0 saturated carbocycles. The molecule has 0 saturated heterocycles. The highest BCUT2D eigenvalue weighted by Crippen LogP contribution is 2.38. The fraction of sp³-hybridized carbons (Fsp3) is 0.222. The van der Waals surface area contributed by atoms with Crippen molar-refractivity contribution in [1.82, 2.24) is 5.43 Å². The third-order valence-electron chi connectivity index (χ3n) is 3.52. The van der Waals surface area contributed by atoms with Gasteiger partial charge >= 0.3 is 0 Å². The number of benzene rings is 2. The van der Waals surface area contributed by atoms with E-state index in [-0.39, 0.29) is 0 Å². The summed E-state index contributed by atoms with van der Waals surface area (Å²) < 4.78 is 15.7. The summed E-state index contributed by atoms with van der Waals surface area (Å²) in [5.41, 5.74) is 4.16. The van der Waals surface area contributed by atoms with E-state index in [0.29, 0.717) is 33.5 Å². The van der Waals surface area contributed by atoms with E-state index in [9.17, 15) is 4.79 Å². The molecule has 0 radical (unpaired) electrons. The van der Waals surface area contributed by atoms with Crippen molar-refractivity contribution in [3.05, 3.63) is 52.5 Å². The molecule has 2 aromatic carbocycles. The normalized spacial score (nSPS) is 11.0. The molecule has 0 aromatic heterocycles. The van der Waals surface area contributed by atoms with E-state index in [1.807, 2.05) is 18.2 Å². The van der Waals surface area contributed by atoms with E-state index >= 15 is 0 Å². The maximum Gasteiger partial charge on any atom is 0.271 e. The molecule has 0 bridgehead atoms. The Kier molecular flexibility index (Phi) is 6.25. The predicted octanol–water partition coefficient (Wildman–Crippen LogP) is 3.52. The molecule has 0 atom stereocenters. The number of nitrogens with one attached hydrogen (secondary N) is 1. The van der Waals surface area contributed by atoms with Crippen molar-refractivity contribution in [2.75, 3.05) is 21.3 Å². The first-order chi connectivity index (χ1) is 12.0. The highest BCUT2D eigenvalue weighted by atomic mass is 35.5. The molecule has 1 N–H and O–H groups in total. The lowest BCUT2D eigenvalue weighted by molar-refractivity contribution is 0.0954. The summed E-state index contributed by atoms with van der Waals surface area (Å²) >= 11 is 6.12. The van der Waals surface area contributed by atoms with Gasteiger partial charge in [0.05, 0.1) is 27.0 Å². The van der Waals surface area contributed by atoms with Crippen molar-refractivity contribution in [1.29, 1.82) is 0 Å². The zero-order chi connectivity index (χ0) is 18.4. The van der Waals surface area contributed by atoms with Crippen molar-refractivity contribution in [3.63, 3.8) is 0 Å². The van der Waals surface area contributed by atoms with Gasteiger partial charge in [0.2, 0.25) is 5.75 Å². The first-order valence-electron chi connectivity index (χ1n) is 7.41. The topological polar surface area (TPSA) is 69.2 Å². The number of hydrazone groups is 1. The van der Waals surface area contributed by atoms with Crippen LogP contribution in [0.2, 0.25) is 5.02 Å². The number of carbonyl (C=O) groups is 1. The van der Waals surface area contributed by atoms with Gasteiger partial charge in [0.15, 0.2) is 11.5 Å². The number of methoxy groups -OCH3 is 3. The van der Waals surface area contributed by atoms with Gasteiger partial charge in [0.1, 0.15) is 0 Å². The van der Waals surface area contributed by atoms with Gasteiger partial charge in [-0.2, -0.15) is 5.10 Å². The Morgan fingerprint density at radius 2 is 1.64 bits per heavy atom. The van der Waals surface area contributed by atoms with E-state index in [2.05, 4.69) is 10.5 Å². The lowest BCUT2D eigenvalue weighted by Gasteiger charge is -2.13. The molecule has 0 fully saturated rings. The van der Waals surface area contributed by atoms with Gasteiger partial charge in [-0.25, -0.2) is 5.43 Å². The van der Waals surface area contributed by atoms with Crippen molar-refractivity contribution in [3.8, 4) is 17.2 Å². The first-order valence-corrected chi connectivity index (χ1v) is 7.79. The van der Waals surface area contributed by atoms with Crippen LogP contribution < -0.4 is 19.6 Å². The molecule has 25 heavy (non-hydrogen) atoms. The van der Waals surface area contributed by atoms with Crippen LogP contribution in [-0.4, -0.2) is 32.9 Å². The van der Waals surface area contributed by atoms with E-state index in [0.717, 1.165) is 5.56 Å². The minimum absolute atomic E-state index is 0.324. The van der Waals surface area contributed by atoms with Crippen LogP contribution in [-0.2, 0) is 0 Å². The number of carbonyl (C=O) groups excluding carboxylic acids is 1. The van der Waals surface area contributed by atoms with Crippen LogP contribution in [0, 0.1) is 0 Å². The summed E-state index contributed by atoms with van der Waals surface area (Å²) in [5.74, 6) is 0.778. The average molecular weight is 363 g/mol. The summed E-state index contributed by atoms with van der Waals surface area (Å²) in [5, 5.41) is 4.67. The standard InChI is InChI=1S/C18H19ClN2O4/c1-11(13-7-5-6-8-14(13)19)20-21-18(22)12-9-15(23-2)17(25-4)16(10-12)24-3/h5-10H,1-4H3,(H,21,22)/b20-11-. The van der Waals surface area contributed by atoms with Gasteiger partial charge in [-0.15, -0.1) is 0 Å². The second-order valence-electron chi connectivity index (χ2n) is 5.03. The van der Waals surface area contributed by atoms with Gasteiger partial charge in [0, 0.05) is 16.1 Å². The number of hydrogen-bond donors (Lipinski definition) is 1. The monoisotopic (exact) mass is 362 g/mol. The Morgan fingerprint density at radius 1 is 1.04 bits per heavy atom.